The number of Topliss-reactive ketones (excluding diaryl/α,β-unsaturated/α-hetero) is 1. The lowest BCUT2D eigenvalue weighted by molar-refractivity contribution is -0.116. The van der Waals surface area contributed by atoms with Crippen LogP contribution in [0.5, 0.6) is 0 Å². The van der Waals surface area contributed by atoms with E-state index >= 15 is 0 Å². The highest BCUT2D eigenvalue weighted by molar-refractivity contribution is 7.14. The van der Waals surface area contributed by atoms with Crippen LogP contribution < -0.4 is 5.32 Å². The summed E-state index contributed by atoms with van der Waals surface area (Å²) in [7, 11) is 0. The van der Waals surface area contributed by atoms with Crippen LogP contribution in [0.15, 0.2) is 36.4 Å². The van der Waals surface area contributed by atoms with Gasteiger partial charge in [0.05, 0.1) is 4.88 Å². The van der Waals surface area contributed by atoms with Crippen molar-refractivity contribution in [1.82, 2.24) is 0 Å². The van der Waals surface area contributed by atoms with Crippen molar-refractivity contribution < 1.29 is 9.59 Å². The molecule has 2 rings (SSSR count). The highest BCUT2D eigenvalue weighted by Crippen LogP contribution is 2.19. The van der Waals surface area contributed by atoms with E-state index in [0.29, 0.717) is 0 Å². The fourth-order valence-electron chi connectivity index (χ4n) is 2.10. The molecule has 0 saturated carbocycles. The van der Waals surface area contributed by atoms with E-state index < -0.39 is 0 Å². The minimum atomic E-state index is -0.113. The fraction of sp³-hybridized carbons (Fsp3) is 0.294. The first-order valence-corrected chi connectivity index (χ1v) is 7.89. The van der Waals surface area contributed by atoms with E-state index in [1.807, 2.05) is 50.2 Å². The van der Waals surface area contributed by atoms with E-state index in [9.17, 15) is 9.59 Å². The molecule has 0 atom stereocenters. The molecule has 0 aliphatic rings. The molecule has 0 aliphatic heterocycles. The molecular weight excluding hydrogens is 282 g/mol. The van der Waals surface area contributed by atoms with Gasteiger partial charge in [-0.1, -0.05) is 25.1 Å². The minimum absolute atomic E-state index is 0.0343. The zero-order valence-electron chi connectivity index (χ0n) is 12.3. The van der Waals surface area contributed by atoms with Crippen LogP contribution >= 0.6 is 11.3 Å². The molecule has 4 heteroatoms. The van der Waals surface area contributed by atoms with Gasteiger partial charge in [0, 0.05) is 23.4 Å². The number of rotatable bonds is 6. The molecule has 110 valence electrons. The van der Waals surface area contributed by atoms with Crippen LogP contribution in [0.1, 0.15) is 39.9 Å². The molecule has 21 heavy (non-hydrogen) atoms. The molecule has 0 radical (unpaired) electrons. The number of carbonyl (C=O) groups is 2. The highest BCUT2D eigenvalue weighted by atomic mass is 32.1. The zero-order chi connectivity index (χ0) is 15.2. The average Bonchev–Trinajstić information content (AvgIpc) is 2.92. The van der Waals surface area contributed by atoms with E-state index in [0.717, 1.165) is 27.4 Å². The van der Waals surface area contributed by atoms with Crippen molar-refractivity contribution in [2.75, 3.05) is 5.32 Å². The van der Waals surface area contributed by atoms with E-state index in [1.165, 1.54) is 11.3 Å². The lowest BCUT2D eigenvalue weighted by Gasteiger charge is -2.09. The molecule has 1 aromatic heterocycles. The molecule has 0 fully saturated rings. The van der Waals surface area contributed by atoms with Gasteiger partial charge in [-0.15, -0.1) is 11.3 Å². The van der Waals surface area contributed by atoms with Gasteiger partial charge < -0.3 is 5.32 Å². The van der Waals surface area contributed by atoms with Crippen molar-refractivity contribution in [2.45, 2.75) is 33.1 Å². The van der Waals surface area contributed by atoms with Crippen molar-refractivity contribution in [3.63, 3.8) is 0 Å². The maximum atomic E-state index is 12.0. The first-order chi connectivity index (χ1) is 10.1. The summed E-state index contributed by atoms with van der Waals surface area (Å²) >= 11 is 1.48. The molecule has 1 aromatic carbocycles. The predicted molar refractivity (Wildman–Crippen MR) is 87.1 cm³/mol. The Morgan fingerprint density at radius 3 is 2.52 bits per heavy atom. The Kier molecular flexibility index (Phi) is 5.28. The van der Waals surface area contributed by atoms with Gasteiger partial charge in [0.15, 0.2) is 5.78 Å². The van der Waals surface area contributed by atoms with Crippen molar-refractivity contribution in [3.05, 3.63) is 51.7 Å². The Morgan fingerprint density at radius 2 is 1.86 bits per heavy atom. The minimum Gasteiger partial charge on any atom is -0.326 e. The topological polar surface area (TPSA) is 46.2 Å². The standard InChI is InChI=1S/C17H19NO2S/c1-3-13-6-4-5-7-14(13)18-17(20)11-9-15(19)16-10-8-12(2)21-16/h4-8,10H,3,9,11H2,1-2H3,(H,18,20). The average molecular weight is 301 g/mol. The third-order valence-electron chi connectivity index (χ3n) is 3.27. The molecule has 3 nitrogen and oxygen atoms in total. The number of hydrogen-bond donors (Lipinski definition) is 1. The molecule has 0 spiro atoms. The monoisotopic (exact) mass is 301 g/mol. The fourth-order valence-corrected chi connectivity index (χ4v) is 2.93. The van der Waals surface area contributed by atoms with Gasteiger partial charge in [-0.2, -0.15) is 0 Å². The Balaban J connectivity index is 1.89. The summed E-state index contributed by atoms with van der Waals surface area (Å²) in [6, 6.07) is 11.5. The number of hydrogen-bond acceptors (Lipinski definition) is 3. The zero-order valence-corrected chi connectivity index (χ0v) is 13.1. The number of thiophene rings is 1. The van der Waals surface area contributed by atoms with Crippen LogP contribution in [-0.2, 0) is 11.2 Å². The summed E-state index contributed by atoms with van der Waals surface area (Å²) in [5.74, 6) is -0.0791. The van der Waals surface area contributed by atoms with Gasteiger partial charge in [0.25, 0.3) is 0 Å². The van der Waals surface area contributed by atoms with Crippen molar-refractivity contribution in [1.29, 1.82) is 0 Å². The van der Waals surface area contributed by atoms with E-state index in [-0.39, 0.29) is 24.5 Å². The van der Waals surface area contributed by atoms with Crippen LogP contribution in [0.2, 0.25) is 0 Å². The molecule has 1 heterocycles. The van der Waals surface area contributed by atoms with Gasteiger partial charge in [-0.25, -0.2) is 0 Å². The van der Waals surface area contributed by atoms with Crippen LogP contribution in [0, 0.1) is 6.92 Å². The third-order valence-corrected chi connectivity index (χ3v) is 4.31. The van der Waals surface area contributed by atoms with Gasteiger partial charge in [-0.05, 0) is 37.1 Å². The number of anilines is 1. The third kappa shape index (κ3) is 4.26. The largest absolute Gasteiger partial charge is 0.326 e. The number of carbonyl (C=O) groups excluding carboxylic acids is 2. The van der Waals surface area contributed by atoms with E-state index in [2.05, 4.69) is 5.32 Å². The van der Waals surface area contributed by atoms with Crippen molar-refractivity contribution >= 4 is 28.7 Å². The first kappa shape index (κ1) is 15.4. The maximum absolute atomic E-state index is 12.0. The van der Waals surface area contributed by atoms with Crippen molar-refractivity contribution in [2.24, 2.45) is 0 Å². The molecule has 0 saturated heterocycles. The summed E-state index contributed by atoms with van der Waals surface area (Å²) in [6.45, 7) is 4.02. The Morgan fingerprint density at radius 1 is 1.10 bits per heavy atom. The lowest BCUT2D eigenvalue weighted by atomic mass is 10.1. The number of ketones is 1. The number of para-hydroxylation sites is 1. The lowest BCUT2D eigenvalue weighted by Crippen LogP contribution is -2.14. The van der Waals surface area contributed by atoms with Crippen LogP contribution in [0.4, 0.5) is 5.69 Å². The smallest absolute Gasteiger partial charge is 0.224 e. The molecule has 0 unspecified atom stereocenters. The summed E-state index contributed by atoms with van der Waals surface area (Å²) in [4.78, 5) is 25.8. The number of aryl methyl sites for hydroxylation is 2. The first-order valence-electron chi connectivity index (χ1n) is 7.07. The highest BCUT2D eigenvalue weighted by Gasteiger charge is 2.12. The molecule has 0 aliphatic carbocycles. The molecule has 2 aromatic rings. The van der Waals surface area contributed by atoms with Gasteiger partial charge >= 0.3 is 0 Å². The summed E-state index contributed by atoms with van der Waals surface area (Å²) in [6.07, 6.45) is 1.33. The molecule has 0 bridgehead atoms. The van der Waals surface area contributed by atoms with Crippen LogP contribution in [0.3, 0.4) is 0 Å². The predicted octanol–water partition coefficient (Wildman–Crippen LogP) is 4.22. The maximum Gasteiger partial charge on any atom is 0.224 e. The SMILES string of the molecule is CCc1ccccc1NC(=O)CCC(=O)c1ccc(C)s1. The van der Waals surface area contributed by atoms with Gasteiger partial charge in [-0.3, -0.25) is 9.59 Å². The Bertz CT molecular complexity index is 646. The Labute approximate surface area is 129 Å². The van der Waals surface area contributed by atoms with Gasteiger partial charge in [0.1, 0.15) is 0 Å². The van der Waals surface area contributed by atoms with E-state index in [1.54, 1.807) is 0 Å². The van der Waals surface area contributed by atoms with Gasteiger partial charge in [0.2, 0.25) is 5.91 Å². The summed E-state index contributed by atoms with van der Waals surface area (Å²) < 4.78 is 0. The molecule has 1 amide bonds. The van der Waals surface area contributed by atoms with Crippen LogP contribution in [-0.4, -0.2) is 11.7 Å². The quantitative estimate of drug-likeness (QED) is 0.812. The summed E-state index contributed by atoms with van der Waals surface area (Å²) in [5, 5.41) is 2.89. The second-order valence-electron chi connectivity index (χ2n) is 4.89. The molecule has 1 N–H and O–H groups in total. The number of nitrogens with one attached hydrogen (secondary N) is 1. The summed E-state index contributed by atoms with van der Waals surface area (Å²) in [5.41, 5.74) is 1.94. The van der Waals surface area contributed by atoms with Crippen molar-refractivity contribution in [3.8, 4) is 0 Å². The second-order valence-corrected chi connectivity index (χ2v) is 6.18. The second kappa shape index (κ2) is 7.18. The van der Waals surface area contributed by atoms with Crippen LogP contribution in [0.25, 0.3) is 0 Å². The number of benzene rings is 1. The van der Waals surface area contributed by atoms with E-state index in [4.69, 9.17) is 0 Å². The molecular formula is C17H19NO2S. The normalized spacial score (nSPS) is 10.4. The Hall–Kier alpha value is -1.94. The number of amides is 1.